The van der Waals surface area contributed by atoms with E-state index in [1.54, 1.807) is 0 Å². The van der Waals surface area contributed by atoms with Crippen molar-refractivity contribution < 1.29 is 14.4 Å². The summed E-state index contributed by atoms with van der Waals surface area (Å²) in [5, 5.41) is 0. The summed E-state index contributed by atoms with van der Waals surface area (Å²) in [6.07, 6.45) is 5.26. The van der Waals surface area contributed by atoms with E-state index in [-0.39, 0.29) is 29.7 Å². The molecule has 2 rings (SSSR count). The summed E-state index contributed by atoms with van der Waals surface area (Å²) in [4.78, 5) is 35.1. The number of carbonyl (C=O) groups is 3. The topological polar surface area (TPSA) is 80.5 Å². The fourth-order valence-corrected chi connectivity index (χ4v) is 2.39. The number of nitrogens with zero attached hydrogens (tertiary/aromatic N) is 1. The minimum Gasteiger partial charge on any atom is -0.369 e. The molecule has 0 radical (unpaired) electrons. The second kappa shape index (κ2) is 4.08. The molecule has 1 heterocycles. The first-order chi connectivity index (χ1) is 7.59. The van der Waals surface area contributed by atoms with Gasteiger partial charge in [-0.15, -0.1) is 0 Å². The van der Waals surface area contributed by atoms with Gasteiger partial charge in [-0.3, -0.25) is 19.3 Å². The number of hydrogen-bond donors (Lipinski definition) is 1. The van der Waals surface area contributed by atoms with Crippen molar-refractivity contribution in [1.82, 2.24) is 4.90 Å². The lowest BCUT2D eigenvalue weighted by atomic mass is 9.85. The van der Waals surface area contributed by atoms with Gasteiger partial charge in [-0.25, -0.2) is 0 Å². The van der Waals surface area contributed by atoms with Crippen molar-refractivity contribution in [3.8, 4) is 0 Å². The van der Waals surface area contributed by atoms with E-state index >= 15 is 0 Å². The molecule has 0 saturated heterocycles. The molecule has 86 valence electrons. The number of carbonyl (C=O) groups excluding carboxylic acids is 3. The van der Waals surface area contributed by atoms with Crippen molar-refractivity contribution in [3.63, 3.8) is 0 Å². The van der Waals surface area contributed by atoms with Crippen molar-refractivity contribution in [2.24, 2.45) is 11.7 Å². The lowest BCUT2D eigenvalue weighted by Crippen LogP contribution is -2.43. The molecule has 0 spiro atoms. The summed E-state index contributed by atoms with van der Waals surface area (Å²) in [5.41, 5.74) is 5.22. The summed E-state index contributed by atoms with van der Waals surface area (Å²) in [6, 6.07) is -0.0643. The minimum absolute atomic E-state index is 0.0643. The molecule has 3 amide bonds. The Hall–Kier alpha value is -1.65. The smallest absolute Gasteiger partial charge is 0.253 e. The lowest BCUT2D eigenvalue weighted by Gasteiger charge is -2.32. The number of imide groups is 1. The molecule has 0 unspecified atom stereocenters. The van der Waals surface area contributed by atoms with Crippen LogP contribution in [0.3, 0.4) is 0 Å². The summed E-state index contributed by atoms with van der Waals surface area (Å²) in [5.74, 6) is -0.868. The van der Waals surface area contributed by atoms with Gasteiger partial charge in [0.15, 0.2) is 0 Å². The summed E-state index contributed by atoms with van der Waals surface area (Å²) < 4.78 is 0. The maximum Gasteiger partial charge on any atom is 0.253 e. The van der Waals surface area contributed by atoms with Gasteiger partial charge < -0.3 is 5.73 Å². The highest BCUT2D eigenvalue weighted by Crippen LogP contribution is 2.28. The van der Waals surface area contributed by atoms with Crippen LogP contribution in [0.25, 0.3) is 0 Å². The van der Waals surface area contributed by atoms with E-state index < -0.39 is 0 Å². The van der Waals surface area contributed by atoms with E-state index in [0.717, 1.165) is 0 Å². The van der Waals surface area contributed by atoms with Gasteiger partial charge in [0, 0.05) is 24.1 Å². The van der Waals surface area contributed by atoms with E-state index in [4.69, 9.17) is 5.73 Å². The predicted molar refractivity (Wildman–Crippen MR) is 55.9 cm³/mol. The quantitative estimate of drug-likeness (QED) is 0.665. The zero-order valence-electron chi connectivity index (χ0n) is 8.89. The first-order valence-corrected chi connectivity index (χ1v) is 5.44. The van der Waals surface area contributed by atoms with Gasteiger partial charge in [0.2, 0.25) is 5.91 Å². The lowest BCUT2D eigenvalue weighted by molar-refractivity contribution is -0.140. The Balaban J connectivity index is 1.97. The molecule has 0 aromatic rings. The normalized spacial score (nSPS) is 29.9. The fourth-order valence-electron chi connectivity index (χ4n) is 2.39. The molecule has 0 aromatic carbocycles. The van der Waals surface area contributed by atoms with Gasteiger partial charge in [0.05, 0.1) is 0 Å². The monoisotopic (exact) mass is 222 g/mol. The van der Waals surface area contributed by atoms with Gasteiger partial charge in [-0.2, -0.15) is 0 Å². The molecule has 2 aliphatic rings. The Morgan fingerprint density at radius 1 is 1.12 bits per heavy atom. The molecule has 1 fully saturated rings. The van der Waals surface area contributed by atoms with Crippen LogP contribution in [0.1, 0.15) is 25.7 Å². The van der Waals surface area contributed by atoms with Crippen LogP contribution < -0.4 is 5.73 Å². The zero-order chi connectivity index (χ0) is 11.7. The third kappa shape index (κ3) is 1.85. The van der Waals surface area contributed by atoms with Crippen molar-refractivity contribution in [3.05, 3.63) is 12.2 Å². The second-order valence-corrected chi connectivity index (χ2v) is 4.29. The molecule has 5 heteroatoms. The predicted octanol–water partition coefficient (Wildman–Crippen LogP) is -0.0445. The summed E-state index contributed by atoms with van der Waals surface area (Å²) >= 11 is 0. The number of rotatable bonds is 2. The van der Waals surface area contributed by atoms with Crippen molar-refractivity contribution >= 4 is 17.7 Å². The molecule has 1 aliphatic heterocycles. The highest BCUT2D eigenvalue weighted by atomic mass is 16.2. The first kappa shape index (κ1) is 10.9. The maximum absolute atomic E-state index is 11.4. The molecule has 0 aromatic heterocycles. The molecule has 2 N–H and O–H groups in total. The Morgan fingerprint density at radius 2 is 1.62 bits per heavy atom. The van der Waals surface area contributed by atoms with Crippen LogP contribution in [0.5, 0.6) is 0 Å². The van der Waals surface area contributed by atoms with E-state index in [1.165, 1.54) is 17.1 Å². The van der Waals surface area contributed by atoms with Crippen LogP contribution in [0.15, 0.2) is 12.2 Å². The molecule has 0 atom stereocenters. The fraction of sp³-hybridized carbons (Fsp3) is 0.545. The van der Waals surface area contributed by atoms with Crippen LogP contribution in [0.4, 0.5) is 0 Å². The average molecular weight is 222 g/mol. The van der Waals surface area contributed by atoms with Crippen LogP contribution in [0, 0.1) is 5.92 Å². The van der Waals surface area contributed by atoms with Gasteiger partial charge in [0.25, 0.3) is 11.8 Å². The standard InChI is InChI=1S/C11H14N2O3/c12-11(16)7-1-3-8(4-2-7)13-9(14)5-6-10(13)15/h5-8H,1-4H2,(H2,12,16). The Kier molecular flexibility index (Phi) is 2.77. The number of primary amides is 1. The van der Waals surface area contributed by atoms with Crippen molar-refractivity contribution in [2.45, 2.75) is 31.7 Å². The molecule has 1 saturated carbocycles. The van der Waals surface area contributed by atoms with Gasteiger partial charge in [-0.05, 0) is 25.7 Å². The van der Waals surface area contributed by atoms with Crippen LogP contribution in [-0.2, 0) is 14.4 Å². The maximum atomic E-state index is 11.4. The Morgan fingerprint density at radius 3 is 2.06 bits per heavy atom. The Labute approximate surface area is 93.3 Å². The van der Waals surface area contributed by atoms with Gasteiger partial charge in [-0.1, -0.05) is 0 Å². The molecule has 16 heavy (non-hydrogen) atoms. The number of hydrogen-bond acceptors (Lipinski definition) is 3. The van der Waals surface area contributed by atoms with E-state index in [2.05, 4.69) is 0 Å². The van der Waals surface area contributed by atoms with Crippen molar-refractivity contribution in [2.75, 3.05) is 0 Å². The molecular weight excluding hydrogens is 208 g/mol. The first-order valence-electron chi connectivity index (χ1n) is 5.44. The molecule has 0 bridgehead atoms. The highest BCUT2D eigenvalue weighted by molar-refractivity contribution is 6.13. The third-order valence-corrected chi connectivity index (χ3v) is 3.31. The van der Waals surface area contributed by atoms with Gasteiger partial charge >= 0.3 is 0 Å². The van der Waals surface area contributed by atoms with Crippen LogP contribution >= 0.6 is 0 Å². The average Bonchev–Trinajstić information content (AvgIpc) is 2.59. The van der Waals surface area contributed by atoms with E-state index in [0.29, 0.717) is 25.7 Å². The van der Waals surface area contributed by atoms with Gasteiger partial charge in [0.1, 0.15) is 0 Å². The summed E-state index contributed by atoms with van der Waals surface area (Å²) in [6.45, 7) is 0. The highest BCUT2D eigenvalue weighted by Gasteiger charge is 2.34. The van der Waals surface area contributed by atoms with Crippen LogP contribution in [-0.4, -0.2) is 28.7 Å². The Bertz CT molecular complexity index is 349. The number of nitrogens with two attached hydrogens (primary N) is 1. The third-order valence-electron chi connectivity index (χ3n) is 3.31. The number of amides is 3. The molecule has 1 aliphatic carbocycles. The van der Waals surface area contributed by atoms with Crippen LogP contribution in [0.2, 0.25) is 0 Å². The van der Waals surface area contributed by atoms with E-state index in [1.807, 2.05) is 0 Å². The van der Waals surface area contributed by atoms with E-state index in [9.17, 15) is 14.4 Å². The molecule has 5 nitrogen and oxygen atoms in total. The SMILES string of the molecule is NC(=O)C1CCC(N2C(=O)C=CC2=O)CC1. The molecular formula is C11H14N2O3. The van der Waals surface area contributed by atoms with Crippen molar-refractivity contribution in [1.29, 1.82) is 0 Å². The zero-order valence-corrected chi connectivity index (χ0v) is 8.89. The minimum atomic E-state index is -0.282. The second-order valence-electron chi connectivity index (χ2n) is 4.29. The largest absolute Gasteiger partial charge is 0.369 e. The summed E-state index contributed by atoms with van der Waals surface area (Å²) in [7, 11) is 0.